The molecule has 0 heterocycles. The number of anilines is 2. The molecule has 0 spiro atoms. The van der Waals surface area contributed by atoms with E-state index in [2.05, 4.69) is 79.8 Å². The zero-order valence-electron chi connectivity index (χ0n) is 21.2. The van der Waals surface area contributed by atoms with E-state index in [4.69, 9.17) is 0 Å². The van der Waals surface area contributed by atoms with Gasteiger partial charge in [0.2, 0.25) is 0 Å². The number of rotatable bonds is 16. The van der Waals surface area contributed by atoms with Crippen molar-refractivity contribution < 1.29 is 0 Å². The molecular weight excluding hydrogens is 398 g/mol. The fraction of sp³-hybridized carbons (Fsp3) is 0.500. The van der Waals surface area contributed by atoms with Gasteiger partial charge >= 0.3 is 0 Å². The van der Waals surface area contributed by atoms with E-state index in [0.717, 1.165) is 0 Å². The SMILES string of the molecule is CCCCCCCCc1cccc(Nc2cccc3ccccc23)c1CCCCCCCC. The lowest BCUT2D eigenvalue weighted by atomic mass is 9.94. The molecule has 0 aliphatic heterocycles. The third kappa shape index (κ3) is 8.22. The van der Waals surface area contributed by atoms with Gasteiger partial charge in [0.1, 0.15) is 0 Å². The summed E-state index contributed by atoms with van der Waals surface area (Å²) in [5.74, 6) is 0. The summed E-state index contributed by atoms with van der Waals surface area (Å²) < 4.78 is 0. The molecule has 178 valence electrons. The molecule has 3 aromatic carbocycles. The molecule has 0 amide bonds. The van der Waals surface area contributed by atoms with Crippen molar-refractivity contribution in [3.63, 3.8) is 0 Å². The van der Waals surface area contributed by atoms with Crippen LogP contribution in [0.2, 0.25) is 0 Å². The Bertz CT molecular complexity index is 937. The maximum Gasteiger partial charge on any atom is 0.0463 e. The van der Waals surface area contributed by atoms with E-state index in [-0.39, 0.29) is 0 Å². The first-order chi connectivity index (χ1) is 16.3. The lowest BCUT2D eigenvalue weighted by Crippen LogP contribution is -2.02. The fourth-order valence-corrected chi connectivity index (χ4v) is 4.94. The van der Waals surface area contributed by atoms with Crippen LogP contribution in [-0.2, 0) is 12.8 Å². The Balaban J connectivity index is 1.73. The fourth-order valence-electron chi connectivity index (χ4n) is 4.94. The van der Waals surface area contributed by atoms with Gasteiger partial charge in [-0.1, -0.05) is 127 Å². The van der Waals surface area contributed by atoms with Crippen LogP contribution < -0.4 is 5.32 Å². The second-order valence-electron chi connectivity index (χ2n) is 9.63. The molecule has 0 saturated carbocycles. The van der Waals surface area contributed by atoms with E-state index in [1.807, 2.05) is 0 Å². The van der Waals surface area contributed by atoms with Gasteiger partial charge in [-0.15, -0.1) is 0 Å². The molecule has 0 atom stereocenters. The van der Waals surface area contributed by atoms with Gasteiger partial charge in [0.25, 0.3) is 0 Å². The Morgan fingerprint density at radius 3 is 1.85 bits per heavy atom. The molecule has 0 aliphatic carbocycles. The molecule has 0 unspecified atom stereocenters. The summed E-state index contributed by atoms with van der Waals surface area (Å²) in [5.41, 5.74) is 5.64. The van der Waals surface area contributed by atoms with Crippen LogP contribution in [0.25, 0.3) is 10.8 Å². The van der Waals surface area contributed by atoms with Crippen LogP contribution in [0.1, 0.15) is 102 Å². The predicted octanol–water partition coefficient (Wildman–Crippen LogP) is 10.4. The maximum atomic E-state index is 3.84. The van der Waals surface area contributed by atoms with Gasteiger partial charge < -0.3 is 5.32 Å². The number of benzene rings is 3. The third-order valence-corrected chi connectivity index (χ3v) is 6.91. The summed E-state index contributed by atoms with van der Waals surface area (Å²) in [4.78, 5) is 0. The molecular formula is C32H45N. The van der Waals surface area contributed by atoms with Crippen molar-refractivity contribution in [1.82, 2.24) is 0 Å². The standard InChI is InChI=1S/C32H45N/c1-3-5-7-9-11-13-19-27-21-17-25-31(29(27)23-14-12-10-8-6-4-2)33-32-26-18-22-28-20-15-16-24-30(28)32/h15-18,20-22,24-26,33H,3-14,19,23H2,1-2H3. The number of fused-ring (bicyclic) bond motifs is 1. The minimum absolute atomic E-state index is 1.19. The normalized spacial score (nSPS) is 11.2. The van der Waals surface area contributed by atoms with Crippen molar-refractivity contribution >= 4 is 22.1 Å². The van der Waals surface area contributed by atoms with E-state index in [1.165, 1.54) is 112 Å². The minimum atomic E-state index is 1.19. The first-order valence-electron chi connectivity index (χ1n) is 13.7. The van der Waals surface area contributed by atoms with E-state index in [0.29, 0.717) is 0 Å². The van der Waals surface area contributed by atoms with E-state index < -0.39 is 0 Å². The van der Waals surface area contributed by atoms with Crippen molar-refractivity contribution in [2.45, 2.75) is 104 Å². The van der Waals surface area contributed by atoms with Crippen LogP contribution in [0.4, 0.5) is 11.4 Å². The average Bonchev–Trinajstić information content (AvgIpc) is 2.85. The van der Waals surface area contributed by atoms with Crippen LogP contribution >= 0.6 is 0 Å². The van der Waals surface area contributed by atoms with Crippen LogP contribution in [0, 0.1) is 0 Å². The molecule has 33 heavy (non-hydrogen) atoms. The lowest BCUT2D eigenvalue weighted by molar-refractivity contribution is 0.599. The number of hydrogen-bond donors (Lipinski definition) is 1. The van der Waals surface area contributed by atoms with E-state index in [9.17, 15) is 0 Å². The van der Waals surface area contributed by atoms with Crippen LogP contribution in [0.15, 0.2) is 60.7 Å². The van der Waals surface area contributed by atoms with Gasteiger partial charge in [-0.2, -0.15) is 0 Å². The molecule has 0 radical (unpaired) electrons. The van der Waals surface area contributed by atoms with Gasteiger partial charge in [0, 0.05) is 16.8 Å². The van der Waals surface area contributed by atoms with Crippen molar-refractivity contribution in [3.8, 4) is 0 Å². The second-order valence-corrected chi connectivity index (χ2v) is 9.63. The van der Waals surface area contributed by atoms with Gasteiger partial charge in [0.05, 0.1) is 0 Å². The highest BCUT2D eigenvalue weighted by atomic mass is 14.9. The highest BCUT2D eigenvalue weighted by molar-refractivity contribution is 5.95. The predicted molar refractivity (Wildman–Crippen MR) is 148 cm³/mol. The van der Waals surface area contributed by atoms with Crippen molar-refractivity contribution in [2.24, 2.45) is 0 Å². The largest absolute Gasteiger partial charge is 0.355 e. The maximum absolute atomic E-state index is 3.84. The molecule has 3 rings (SSSR count). The van der Waals surface area contributed by atoms with E-state index >= 15 is 0 Å². The highest BCUT2D eigenvalue weighted by Gasteiger charge is 2.10. The number of unbranched alkanes of at least 4 members (excludes halogenated alkanes) is 10. The summed E-state index contributed by atoms with van der Waals surface area (Å²) in [7, 11) is 0. The summed E-state index contributed by atoms with van der Waals surface area (Å²) in [5, 5.41) is 6.43. The lowest BCUT2D eigenvalue weighted by Gasteiger charge is -2.18. The molecule has 1 N–H and O–H groups in total. The third-order valence-electron chi connectivity index (χ3n) is 6.91. The van der Waals surface area contributed by atoms with E-state index in [1.54, 1.807) is 11.1 Å². The molecule has 0 bridgehead atoms. The molecule has 3 aromatic rings. The van der Waals surface area contributed by atoms with Gasteiger partial charge in [-0.05, 0) is 54.3 Å². The Labute approximate surface area is 203 Å². The topological polar surface area (TPSA) is 12.0 Å². The van der Waals surface area contributed by atoms with Crippen molar-refractivity contribution in [2.75, 3.05) is 5.32 Å². The minimum Gasteiger partial charge on any atom is -0.355 e. The molecule has 0 aliphatic rings. The molecule has 0 aromatic heterocycles. The molecule has 1 nitrogen and oxygen atoms in total. The van der Waals surface area contributed by atoms with Gasteiger partial charge in [-0.25, -0.2) is 0 Å². The Morgan fingerprint density at radius 1 is 0.515 bits per heavy atom. The summed E-state index contributed by atoms with van der Waals surface area (Å²) in [6.45, 7) is 4.59. The zero-order chi connectivity index (χ0) is 23.1. The first-order valence-corrected chi connectivity index (χ1v) is 13.7. The molecule has 1 heteroatoms. The highest BCUT2D eigenvalue weighted by Crippen LogP contribution is 2.31. The van der Waals surface area contributed by atoms with Crippen molar-refractivity contribution in [3.05, 3.63) is 71.8 Å². The zero-order valence-corrected chi connectivity index (χ0v) is 21.2. The number of hydrogen-bond acceptors (Lipinski definition) is 1. The van der Waals surface area contributed by atoms with Crippen LogP contribution in [0.3, 0.4) is 0 Å². The smallest absolute Gasteiger partial charge is 0.0463 e. The monoisotopic (exact) mass is 443 g/mol. The Morgan fingerprint density at radius 2 is 1.09 bits per heavy atom. The van der Waals surface area contributed by atoms with Crippen LogP contribution in [-0.4, -0.2) is 0 Å². The summed E-state index contributed by atoms with van der Waals surface area (Å²) >= 11 is 0. The van der Waals surface area contributed by atoms with Gasteiger partial charge in [-0.3, -0.25) is 0 Å². The molecule has 0 fully saturated rings. The second kappa shape index (κ2) is 14.8. The Kier molecular flexibility index (Phi) is 11.4. The number of nitrogens with one attached hydrogen (secondary N) is 1. The van der Waals surface area contributed by atoms with Gasteiger partial charge in [0.15, 0.2) is 0 Å². The summed E-state index contributed by atoms with van der Waals surface area (Å²) in [6.07, 6.45) is 18.6. The number of aryl methyl sites for hydroxylation is 1. The molecule has 0 saturated heterocycles. The van der Waals surface area contributed by atoms with Crippen LogP contribution in [0.5, 0.6) is 0 Å². The van der Waals surface area contributed by atoms with Crippen molar-refractivity contribution in [1.29, 1.82) is 0 Å². The quantitative estimate of drug-likeness (QED) is 0.217. The summed E-state index contributed by atoms with van der Waals surface area (Å²) in [6, 6.07) is 22.2. The Hall–Kier alpha value is -2.28. The average molecular weight is 444 g/mol. The first kappa shape index (κ1) is 25.3.